The number of hydrogen-bond donors (Lipinski definition) is 0. The Morgan fingerprint density at radius 3 is 1.72 bits per heavy atom. The van der Waals surface area contributed by atoms with E-state index in [0.717, 1.165) is 0 Å². The number of methoxy groups -OCH3 is 1. The van der Waals surface area contributed by atoms with Gasteiger partial charge >= 0.3 is 5.69 Å². The molecule has 0 amide bonds. The van der Waals surface area contributed by atoms with E-state index in [9.17, 15) is 10.1 Å². The molecule has 3 aromatic rings. The minimum Gasteiger partial charge on any atom is -0.490 e. The molecule has 0 N–H and O–H groups in total. The Bertz CT molecular complexity index is 1130. The maximum Gasteiger partial charge on any atom is 0.353 e. The van der Waals surface area contributed by atoms with Crippen LogP contribution in [0.1, 0.15) is 11.1 Å². The molecule has 0 saturated carbocycles. The molecule has 0 fully saturated rings. The summed E-state index contributed by atoms with van der Waals surface area (Å²) in [5.41, 5.74) is 0.551. The molecule has 0 atom stereocenters. The number of rotatable bonds is 6. The summed E-state index contributed by atoms with van der Waals surface area (Å²) in [4.78, 5) is 11.0. The van der Waals surface area contributed by atoms with Crippen LogP contribution in [0.3, 0.4) is 0 Å². The number of hydrogen-bond acceptors (Lipinski definition) is 7. The smallest absolute Gasteiger partial charge is 0.353 e. The SMILES string of the molecule is COc1cc(Oc2ccc(C#N)cc2)cc(Oc2ccc(C#N)cc2)c1[N+](=O)[O-]. The maximum absolute atomic E-state index is 11.6. The molecule has 0 aromatic heterocycles. The molecule has 8 nitrogen and oxygen atoms in total. The van der Waals surface area contributed by atoms with E-state index >= 15 is 0 Å². The third-order valence-electron chi connectivity index (χ3n) is 3.85. The van der Waals surface area contributed by atoms with E-state index in [0.29, 0.717) is 22.6 Å². The molecule has 0 heterocycles. The molecule has 0 saturated heterocycles. The normalized spacial score (nSPS) is 9.76. The zero-order valence-corrected chi connectivity index (χ0v) is 15.2. The van der Waals surface area contributed by atoms with Gasteiger partial charge in [-0.2, -0.15) is 10.5 Å². The molecule has 29 heavy (non-hydrogen) atoms. The van der Waals surface area contributed by atoms with Crippen molar-refractivity contribution in [3.8, 4) is 40.9 Å². The van der Waals surface area contributed by atoms with Crippen LogP contribution in [-0.2, 0) is 0 Å². The molecule has 3 rings (SSSR count). The number of benzene rings is 3. The van der Waals surface area contributed by atoms with Crippen molar-refractivity contribution in [2.24, 2.45) is 0 Å². The topological polar surface area (TPSA) is 118 Å². The largest absolute Gasteiger partial charge is 0.490 e. The van der Waals surface area contributed by atoms with Gasteiger partial charge in [0.15, 0.2) is 0 Å². The summed E-state index contributed by atoms with van der Waals surface area (Å²) in [6.07, 6.45) is 0. The first-order chi connectivity index (χ1) is 14.0. The number of nitro groups is 1. The van der Waals surface area contributed by atoms with Gasteiger partial charge in [-0.05, 0) is 48.5 Å². The highest BCUT2D eigenvalue weighted by atomic mass is 16.6. The predicted molar refractivity (Wildman–Crippen MR) is 102 cm³/mol. The van der Waals surface area contributed by atoms with Gasteiger partial charge in [0, 0.05) is 12.1 Å². The lowest BCUT2D eigenvalue weighted by molar-refractivity contribution is -0.386. The van der Waals surface area contributed by atoms with E-state index in [2.05, 4.69) is 0 Å². The van der Waals surface area contributed by atoms with Gasteiger partial charge in [-0.15, -0.1) is 0 Å². The molecule has 3 aromatic carbocycles. The Balaban J connectivity index is 1.99. The summed E-state index contributed by atoms with van der Waals surface area (Å²) in [5, 5.41) is 29.3. The average Bonchev–Trinajstić information content (AvgIpc) is 2.74. The van der Waals surface area contributed by atoms with Gasteiger partial charge in [0.25, 0.3) is 0 Å². The number of nitrogens with zero attached hydrogens (tertiary/aromatic N) is 3. The first-order valence-corrected chi connectivity index (χ1v) is 8.26. The van der Waals surface area contributed by atoms with Gasteiger partial charge in [-0.3, -0.25) is 10.1 Å². The predicted octanol–water partition coefficient (Wildman–Crippen LogP) is 4.93. The molecule has 0 radical (unpaired) electrons. The summed E-state index contributed by atoms with van der Waals surface area (Å²) in [6, 6.07) is 19.3. The Labute approximate surface area is 165 Å². The van der Waals surface area contributed by atoms with Crippen LogP contribution >= 0.6 is 0 Å². The summed E-state index contributed by atoms with van der Waals surface area (Å²) in [5.74, 6) is 0.877. The molecule has 0 aliphatic heterocycles. The van der Waals surface area contributed by atoms with E-state index in [4.69, 9.17) is 24.7 Å². The minimum atomic E-state index is -0.608. The van der Waals surface area contributed by atoms with Gasteiger partial charge in [0.2, 0.25) is 11.5 Å². The van der Waals surface area contributed by atoms with Gasteiger partial charge in [-0.25, -0.2) is 0 Å². The standard InChI is InChI=1S/C21H13N3O5/c1-27-19-10-18(28-16-6-2-14(12-22)3-7-16)11-20(21(19)24(25)26)29-17-8-4-15(13-23)5-9-17/h2-11H,1H3. The third kappa shape index (κ3) is 4.41. The van der Waals surface area contributed by atoms with E-state index in [1.165, 1.54) is 43.5 Å². The molecular formula is C21H13N3O5. The van der Waals surface area contributed by atoms with Crippen molar-refractivity contribution in [3.05, 3.63) is 81.9 Å². The van der Waals surface area contributed by atoms with Gasteiger partial charge in [0.05, 0.1) is 35.3 Å². The van der Waals surface area contributed by atoms with Crippen LogP contribution in [-0.4, -0.2) is 12.0 Å². The summed E-state index contributed by atoms with van der Waals surface area (Å²) in [6.45, 7) is 0. The van der Waals surface area contributed by atoms with Crippen molar-refractivity contribution in [1.29, 1.82) is 10.5 Å². The molecule has 8 heteroatoms. The van der Waals surface area contributed by atoms with Crippen molar-refractivity contribution in [2.75, 3.05) is 7.11 Å². The Morgan fingerprint density at radius 1 is 0.793 bits per heavy atom. The lowest BCUT2D eigenvalue weighted by Gasteiger charge is -2.12. The highest BCUT2D eigenvalue weighted by molar-refractivity contribution is 5.62. The van der Waals surface area contributed by atoms with Crippen molar-refractivity contribution in [3.63, 3.8) is 0 Å². The molecule has 0 unspecified atom stereocenters. The van der Waals surface area contributed by atoms with Gasteiger partial charge in [-0.1, -0.05) is 0 Å². The Hall–Kier alpha value is -4.56. The molecule has 0 bridgehead atoms. The number of nitro benzene ring substituents is 1. The van der Waals surface area contributed by atoms with Gasteiger partial charge < -0.3 is 14.2 Å². The molecule has 0 aliphatic carbocycles. The van der Waals surface area contributed by atoms with Gasteiger partial charge in [0.1, 0.15) is 17.2 Å². The fraction of sp³-hybridized carbons (Fsp3) is 0.0476. The van der Waals surface area contributed by atoms with Crippen molar-refractivity contribution >= 4 is 5.69 Å². The molecule has 0 spiro atoms. The summed E-state index contributed by atoms with van der Waals surface area (Å²) < 4.78 is 16.6. The monoisotopic (exact) mass is 387 g/mol. The highest BCUT2D eigenvalue weighted by Crippen LogP contribution is 2.43. The van der Waals surface area contributed by atoms with Crippen LogP contribution in [0, 0.1) is 32.8 Å². The van der Waals surface area contributed by atoms with Crippen LogP contribution in [0.4, 0.5) is 5.69 Å². The van der Waals surface area contributed by atoms with Crippen LogP contribution in [0.5, 0.6) is 28.7 Å². The quantitative estimate of drug-likeness (QED) is 0.434. The molecule has 0 aliphatic rings. The van der Waals surface area contributed by atoms with E-state index in [1.807, 2.05) is 12.1 Å². The first-order valence-electron chi connectivity index (χ1n) is 8.26. The summed E-state index contributed by atoms with van der Waals surface area (Å²) in [7, 11) is 1.30. The minimum absolute atomic E-state index is 0.0372. The first kappa shape index (κ1) is 19.2. The molecule has 142 valence electrons. The zero-order valence-electron chi connectivity index (χ0n) is 15.2. The van der Waals surface area contributed by atoms with Crippen LogP contribution < -0.4 is 14.2 Å². The fourth-order valence-corrected chi connectivity index (χ4v) is 2.49. The second kappa shape index (κ2) is 8.42. The lowest BCUT2D eigenvalue weighted by atomic mass is 10.2. The maximum atomic E-state index is 11.6. The van der Waals surface area contributed by atoms with E-state index in [-0.39, 0.29) is 22.9 Å². The zero-order chi connectivity index (χ0) is 20.8. The Morgan fingerprint density at radius 2 is 1.28 bits per heavy atom. The second-order valence-corrected chi connectivity index (χ2v) is 5.71. The van der Waals surface area contributed by atoms with Crippen molar-refractivity contribution in [2.45, 2.75) is 0 Å². The Kier molecular flexibility index (Phi) is 5.58. The van der Waals surface area contributed by atoms with Crippen LogP contribution in [0.2, 0.25) is 0 Å². The average molecular weight is 387 g/mol. The van der Waals surface area contributed by atoms with E-state index < -0.39 is 4.92 Å². The van der Waals surface area contributed by atoms with Crippen molar-refractivity contribution < 1.29 is 19.1 Å². The third-order valence-corrected chi connectivity index (χ3v) is 3.85. The van der Waals surface area contributed by atoms with Crippen LogP contribution in [0.25, 0.3) is 0 Å². The fourth-order valence-electron chi connectivity index (χ4n) is 2.49. The second-order valence-electron chi connectivity index (χ2n) is 5.71. The molecular weight excluding hydrogens is 374 g/mol. The lowest BCUT2D eigenvalue weighted by Crippen LogP contribution is -1.98. The van der Waals surface area contributed by atoms with Crippen molar-refractivity contribution in [1.82, 2.24) is 0 Å². The highest BCUT2D eigenvalue weighted by Gasteiger charge is 2.25. The van der Waals surface area contributed by atoms with E-state index in [1.54, 1.807) is 24.3 Å². The number of ether oxygens (including phenoxy) is 3. The number of nitriles is 2. The summed E-state index contributed by atoms with van der Waals surface area (Å²) >= 11 is 0. The van der Waals surface area contributed by atoms with Crippen LogP contribution in [0.15, 0.2) is 60.7 Å².